The predicted octanol–water partition coefficient (Wildman–Crippen LogP) is 6.03. The lowest BCUT2D eigenvalue weighted by Crippen LogP contribution is -2.28. The Bertz CT molecular complexity index is 983. The zero-order valence-electron chi connectivity index (χ0n) is 14.8. The molecule has 0 saturated carbocycles. The number of para-hydroxylation sites is 1. The number of alkyl halides is 3. The summed E-state index contributed by atoms with van der Waals surface area (Å²) in [6.07, 6.45) is -3.75. The van der Waals surface area contributed by atoms with Crippen LogP contribution in [0.15, 0.2) is 66.9 Å². The second-order valence-electron chi connectivity index (χ2n) is 5.90. The van der Waals surface area contributed by atoms with Crippen LogP contribution in [0.1, 0.15) is 11.3 Å². The fourth-order valence-electron chi connectivity index (χ4n) is 2.32. The van der Waals surface area contributed by atoms with Crippen LogP contribution >= 0.6 is 23.8 Å². The highest BCUT2D eigenvalue weighted by molar-refractivity contribution is 7.80. The van der Waals surface area contributed by atoms with Crippen molar-refractivity contribution >= 4 is 34.6 Å². The summed E-state index contributed by atoms with van der Waals surface area (Å²) in [5, 5.41) is 6.03. The molecule has 1 heterocycles. The molecule has 0 aliphatic rings. The number of nitrogens with zero attached hydrogens (tertiary/aromatic N) is 1. The number of halogens is 4. The van der Waals surface area contributed by atoms with Crippen LogP contribution in [0.5, 0.6) is 11.5 Å². The lowest BCUT2D eigenvalue weighted by atomic mass is 10.2. The molecule has 0 aliphatic carbocycles. The van der Waals surface area contributed by atoms with E-state index < -0.39 is 11.7 Å². The van der Waals surface area contributed by atoms with Gasteiger partial charge in [0.25, 0.3) is 0 Å². The minimum atomic E-state index is -4.49. The van der Waals surface area contributed by atoms with Gasteiger partial charge in [-0.2, -0.15) is 13.2 Å². The average molecular weight is 438 g/mol. The summed E-state index contributed by atoms with van der Waals surface area (Å²) in [4.78, 5) is 3.76. The zero-order valence-corrected chi connectivity index (χ0v) is 16.4. The van der Waals surface area contributed by atoms with Crippen LogP contribution in [0.2, 0.25) is 5.02 Å². The first-order chi connectivity index (χ1) is 13.8. The quantitative estimate of drug-likeness (QED) is 0.477. The molecule has 0 atom stereocenters. The second kappa shape index (κ2) is 9.11. The Kier molecular flexibility index (Phi) is 6.56. The van der Waals surface area contributed by atoms with Crippen LogP contribution in [0.3, 0.4) is 0 Å². The van der Waals surface area contributed by atoms with Gasteiger partial charge in [-0.1, -0.05) is 29.8 Å². The van der Waals surface area contributed by atoms with Crippen LogP contribution in [0, 0.1) is 0 Å². The molecule has 29 heavy (non-hydrogen) atoms. The summed E-state index contributed by atoms with van der Waals surface area (Å²) in [5.74, 6) is 1.40. The van der Waals surface area contributed by atoms with Crippen molar-refractivity contribution in [3.63, 3.8) is 0 Å². The minimum absolute atomic E-state index is 0.0814. The molecule has 1 aromatic heterocycles. The van der Waals surface area contributed by atoms with E-state index in [0.29, 0.717) is 5.75 Å². The van der Waals surface area contributed by atoms with E-state index in [0.717, 1.165) is 23.7 Å². The van der Waals surface area contributed by atoms with E-state index in [4.69, 9.17) is 28.6 Å². The van der Waals surface area contributed by atoms with E-state index in [1.165, 1.54) is 0 Å². The van der Waals surface area contributed by atoms with Gasteiger partial charge in [-0.05, 0) is 54.7 Å². The third-order valence-corrected chi connectivity index (χ3v) is 4.33. The molecule has 3 rings (SSSR count). The Morgan fingerprint density at radius 1 is 1.03 bits per heavy atom. The molecule has 0 aliphatic heterocycles. The number of thiocarbonyl (C=S) groups is 1. The molecule has 0 fully saturated rings. The van der Waals surface area contributed by atoms with Crippen molar-refractivity contribution in [2.45, 2.75) is 12.7 Å². The predicted molar refractivity (Wildman–Crippen MR) is 110 cm³/mol. The first kappa shape index (κ1) is 20.9. The van der Waals surface area contributed by atoms with Gasteiger partial charge in [0.2, 0.25) is 0 Å². The van der Waals surface area contributed by atoms with Crippen molar-refractivity contribution < 1.29 is 17.9 Å². The van der Waals surface area contributed by atoms with Gasteiger partial charge in [-0.15, -0.1) is 0 Å². The molecular weight excluding hydrogens is 423 g/mol. The largest absolute Gasteiger partial charge is 0.457 e. The first-order valence-corrected chi connectivity index (χ1v) is 9.19. The van der Waals surface area contributed by atoms with Gasteiger partial charge >= 0.3 is 6.18 Å². The fourth-order valence-corrected chi connectivity index (χ4v) is 2.74. The lowest BCUT2D eigenvalue weighted by molar-refractivity contribution is -0.137. The highest BCUT2D eigenvalue weighted by Crippen LogP contribution is 2.31. The fraction of sp³-hybridized carbons (Fsp3) is 0.100. The number of hydrogen-bond donors (Lipinski definition) is 2. The van der Waals surface area contributed by atoms with Crippen molar-refractivity contribution in [1.82, 2.24) is 10.3 Å². The molecule has 0 unspecified atom stereocenters. The molecule has 150 valence electrons. The normalized spacial score (nSPS) is 11.0. The van der Waals surface area contributed by atoms with E-state index in [1.54, 1.807) is 24.3 Å². The van der Waals surface area contributed by atoms with Gasteiger partial charge in [0.05, 0.1) is 22.8 Å². The second-order valence-corrected chi connectivity index (χ2v) is 6.71. The molecule has 3 aromatic rings. The third kappa shape index (κ3) is 6.07. The Hall–Kier alpha value is -2.84. The zero-order chi connectivity index (χ0) is 20.9. The van der Waals surface area contributed by atoms with E-state index in [2.05, 4.69) is 15.6 Å². The molecule has 0 amide bonds. The number of rotatable bonds is 5. The van der Waals surface area contributed by atoms with E-state index >= 15 is 0 Å². The van der Waals surface area contributed by atoms with Crippen molar-refractivity contribution in [2.24, 2.45) is 0 Å². The number of ether oxygens (including phenoxy) is 1. The number of pyridine rings is 1. The average Bonchev–Trinajstić information content (AvgIpc) is 2.68. The van der Waals surface area contributed by atoms with Crippen molar-refractivity contribution in [3.05, 3.63) is 83.1 Å². The number of anilines is 1. The Labute approximate surface area is 175 Å². The van der Waals surface area contributed by atoms with E-state index in [-0.39, 0.29) is 22.4 Å². The highest BCUT2D eigenvalue weighted by atomic mass is 35.5. The highest BCUT2D eigenvalue weighted by Gasteiger charge is 2.31. The van der Waals surface area contributed by atoms with Gasteiger partial charge in [0.15, 0.2) is 5.11 Å². The van der Waals surface area contributed by atoms with E-state index in [9.17, 15) is 13.2 Å². The van der Waals surface area contributed by atoms with Gasteiger partial charge < -0.3 is 15.4 Å². The molecule has 2 aromatic carbocycles. The van der Waals surface area contributed by atoms with Gasteiger partial charge in [-0.3, -0.25) is 4.98 Å². The number of benzene rings is 2. The summed E-state index contributed by atoms with van der Waals surface area (Å²) < 4.78 is 43.7. The molecule has 0 radical (unpaired) electrons. The monoisotopic (exact) mass is 437 g/mol. The van der Waals surface area contributed by atoms with Crippen molar-refractivity contribution in [3.8, 4) is 11.5 Å². The Morgan fingerprint density at radius 2 is 1.69 bits per heavy atom. The summed E-state index contributed by atoms with van der Waals surface area (Å²) in [6, 6.07) is 17.4. The molecule has 0 saturated heterocycles. The third-order valence-electron chi connectivity index (χ3n) is 3.75. The maximum atomic E-state index is 12.7. The first-order valence-electron chi connectivity index (χ1n) is 8.41. The number of nitrogens with one attached hydrogen (secondary N) is 2. The SMILES string of the molecule is FC(F)(F)c1cnc(CNC(=S)Nc2ccc(Oc3ccccc3)cc2)c(Cl)c1. The standard InChI is InChI=1S/C20H15ClF3N3OS/c21-17-10-13(20(22,23)24)11-25-18(17)12-26-19(29)27-14-6-8-16(9-7-14)28-15-4-2-1-3-5-15/h1-11H,12H2,(H2,26,27,29). The smallest absolute Gasteiger partial charge is 0.417 e. The topological polar surface area (TPSA) is 46.2 Å². The minimum Gasteiger partial charge on any atom is -0.457 e. The van der Waals surface area contributed by atoms with Crippen LogP contribution < -0.4 is 15.4 Å². The van der Waals surface area contributed by atoms with Crippen LogP contribution in [-0.4, -0.2) is 10.1 Å². The molecule has 2 N–H and O–H groups in total. The molecule has 4 nitrogen and oxygen atoms in total. The summed E-state index contributed by atoms with van der Waals surface area (Å²) in [6.45, 7) is 0.0814. The molecule has 0 bridgehead atoms. The molecule has 0 spiro atoms. The van der Waals surface area contributed by atoms with Crippen LogP contribution in [0.4, 0.5) is 18.9 Å². The lowest BCUT2D eigenvalue weighted by Gasteiger charge is -2.13. The maximum Gasteiger partial charge on any atom is 0.417 e. The van der Waals surface area contributed by atoms with Gasteiger partial charge in [0.1, 0.15) is 11.5 Å². The van der Waals surface area contributed by atoms with Crippen LogP contribution in [0.25, 0.3) is 0 Å². The summed E-state index contributed by atoms with van der Waals surface area (Å²) in [5.41, 5.74) is 0.0783. The van der Waals surface area contributed by atoms with Gasteiger partial charge in [-0.25, -0.2) is 0 Å². The molecular formula is C20H15ClF3N3OS. The van der Waals surface area contributed by atoms with Gasteiger partial charge in [0, 0.05) is 11.9 Å². The summed E-state index contributed by atoms with van der Waals surface area (Å²) in [7, 11) is 0. The number of aromatic nitrogens is 1. The van der Waals surface area contributed by atoms with Crippen molar-refractivity contribution in [1.29, 1.82) is 0 Å². The molecule has 9 heteroatoms. The van der Waals surface area contributed by atoms with Crippen LogP contribution in [-0.2, 0) is 12.7 Å². The van der Waals surface area contributed by atoms with Crippen molar-refractivity contribution in [2.75, 3.05) is 5.32 Å². The maximum absolute atomic E-state index is 12.7. The Balaban J connectivity index is 1.53. The van der Waals surface area contributed by atoms with E-state index in [1.807, 2.05) is 30.3 Å². The summed E-state index contributed by atoms with van der Waals surface area (Å²) >= 11 is 11.1. The Morgan fingerprint density at radius 3 is 2.31 bits per heavy atom. The number of hydrogen-bond acceptors (Lipinski definition) is 3.